The summed E-state index contributed by atoms with van der Waals surface area (Å²) in [7, 11) is -2.33. The number of nitrogens with two attached hydrogens (primary N) is 1. The van der Waals surface area contributed by atoms with Crippen molar-refractivity contribution in [2.24, 2.45) is 11.1 Å². The third-order valence-corrected chi connectivity index (χ3v) is 9.08. The second kappa shape index (κ2) is 11.7. The number of halogens is 2. The van der Waals surface area contributed by atoms with Crippen LogP contribution in [0.4, 0.5) is 8.78 Å². The average Bonchev–Trinajstić information content (AvgIpc) is 3.30. The highest BCUT2D eigenvalue weighted by atomic mass is 32.2. The van der Waals surface area contributed by atoms with Gasteiger partial charge < -0.3 is 5.11 Å². The number of thiazole rings is 1. The molecule has 2 aromatic carbocycles. The molecule has 4 aromatic rings. The molecule has 0 radical (unpaired) electrons. The average molecular weight is 606 g/mol. The number of aromatic carboxylic acids is 1. The molecule has 7 nitrogen and oxygen atoms in total. The molecule has 0 bridgehead atoms. The van der Waals surface area contributed by atoms with Gasteiger partial charge in [-0.2, -0.15) is 5.10 Å². The normalized spacial score (nSPS) is 15.3. The quantitative estimate of drug-likeness (QED) is 0.148. The molecule has 3 N–H and O–H groups in total. The van der Waals surface area contributed by atoms with Gasteiger partial charge in [-0.3, -0.25) is 0 Å². The monoisotopic (exact) mass is 605 g/mol. The van der Waals surface area contributed by atoms with Gasteiger partial charge in [-0.05, 0) is 85.9 Å². The molecule has 1 atom stereocenters. The molecule has 2 aromatic heterocycles. The van der Waals surface area contributed by atoms with Crippen LogP contribution in [0.2, 0.25) is 0 Å². The highest BCUT2D eigenvalue weighted by Gasteiger charge is 2.30. The van der Waals surface area contributed by atoms with Gasteiger partial charge in [0.05, 0.1) is 17.0 Å². The van der Waals surface area contributed by atoms with Crippen LogP contribution in [-0.2, 0) is 28.0 Å². The third kappa shape index (κ3) is 5.97. The fourth-order valence-electron chi connectivity index (χ4n) is 5.07. The molecular weight excluding hydrogens is 578 g/mol. The molecule has 0 spiro atoms. The maximum atomic E-state index is 14.9. The Labute approximate surface area is 247 Å². The second-order valence-corrected chi connectivity index (χ2v) is 12.5. The zero-order chi connectivity index (χ0) is 29.4. The summed E-state index contributed by atoms with van der Waals surface area (Å²) in [5.41, 5.74) is 4.59. The summed E-state index contributed by atoms with van der Waals surface area (Å²) in [6.07, 6.45) is 8.02. The smallest absolute Gasteiger partial charge is 0.355 e. The van der Waals surface area contributed by atoms with Crippen LogP contribution < -0.4 is 5.14 Å². The summed E-state index contributed by atoms with van der Waals surface area (Å²) in [5, 5.41) is 21.7. The second-order valence-electron chi connectivity index (χ2n) is 10.5. The Balaban J connectivity index is 1.50. The number of allylic oxidation sites excluding steroid dienone is 2. The van der Waals surface area contributed by atoms with Crippen molar-refractivity contribution >= 4 is 28.3 Å². The molecule has 0 aliphatic heterocycles. The summed E-state index contributed by atoms with van der Waals surface area (Å²) in [5.74, 6) is 4.27. The molecule has 42 heavy (non-hydrogen) atoms. The lowest BCUT2D eigenvalue weighted by Gasteiger charge is -2.09. The van der Waals surface area contributed by atoms with Crippen LogP contribution in [0.15, 0.2) is 58.3 Å². The molecule has 1 saturated carbocycles. The first-order valence-electron chi connectivity index (χ1n) is 13.6. The first-order chi connectivity index (χ1) is 20.3. The van der Waals surface area contributed by atoms with E-state index in [4.69, 9.17) is 10.2 Å². The molecule has 2 heterocycles. The molecular formula is C31H27F2N4O3S2+. The van der Waals surface area contributed by atoms with E-state index in [1.807, 2.05) is 0 Å². The SMILES string of the molecule is N[SH+](=O)c1ccc(Cc2c(-c3ccc(F)c(C#CC4=CCCC4)c3)nn(-c3nc(C(=O)O)cs3)c2CC2CC2)cc1F. The maximum absolute atomic E-state index is 14.9. The van der Waals surface area contributed by atoms with Crippen LogP contribution >= 0.6 is 11.3 Å². The zero-order valence-corrected chi connectivity index (χ0v) is 24.2. The van der Waals surface area contributed by atoms with Crippen molar-refractivity contribution in [3.05, 3.63) is 93.1 Å². The van der Waals surface area contributed by atoms with Crippen molar-refractivity contribution in [3.8, 4) is 28.2 Å². The minimum Gasteiger partial charge on any atom is -0.476 e. The van der Waals surface area contributed by atoms with Crippen LogP contribution in [0.25, 0.3) is 16.4 Å². The number of nitrogens with zero attached hydrogens (tertiary/aromatic N) is 3. The zero-order valence-electron chi connectivity index (χ0n) is 22.4. The topological polar surface area (TPSA) is 111 Å². The van der Waals surface area contributed by atoms with E-state index >= 15 is 0 Å². The van der Waals surface area contributed by atoms with E-state index in [-0.39, 0.29) is 22.6 Å². The summed E-state index contributed by atoms with van der Waals surface area (Å²) in [4.78, 5) is 15.8. The van der Waals surface area contributed by atoms with Crippen molar-refractivity contribution in [1.82, 2.24) is 14.8 Å². The number of carbonyl (C=O) groups is 1. The maximum Gasteiger partial charge on any atom is 0.355 e. The number of thiol groups is 1. The number of rotatable bonds is 8. The standard InChI is InChI=1S/C31H26F2N4O3S2/c32-24-11-10-22(16-21(24)9-7-18-3-1-2-4-18)29-23(13-20-8-12-28(42(34)40)25(33)14-20)27(15-19-5-6-19)37(36-29)31-35-26(17-41-31)30(38)39/h3,8,10-12,14,16-17,19H,1-2,4-6,13,15H2,(H2,34,40)(H,38,39)/p+1. The molecule has 0 amide bonds. The van der Waals surface area contributed by atoms with Gasteiger partial charge in [0, 0.05) is 22.9 Å². The Hall–Kier alpha value is -3.98. The summed E-state index contributed by atoms with van der Waals surface area (Å²) in [6.45, 7) is 0. The molecule has 2 aliphatic rings. The van der Waals surface area contributed by atoms with E-state index in [1.165, 1.54) is 34.9 Å². The highest BCUT2D eigenvalue weighted by molar-refractivity contribution is 7.82. The Kier molecular flexibility index (Phi) is 7.86. The molecule has 11 heteroatoms. The first-order valence-corrected chi connectivity index (χ1v) is 15.8. The number of benzene rings is 2. The number of carboxylic acids is 1. The predicted molar refractivity (Wildman–Crippen MR) is 158 cm³/mol. The van der Waals surface area contributed by atoms with Crippen LogP contribution in [0.3, 0.4) is 0 Å². The van der Waals surface area contributed by atoms with Gasteiger partial charge in [0.15, 0.2) is 22.5 Å². The van der Waals surface area contributed by atoms with Gasteiger partial charge in [0.1, 0.15) is 5.82 Å². The summed E-state index contributed by atoms with van der Waals surface area (Å²) >= 11 is 1.17. The van der Waals surface area contributed by atoms with Gasteiger partial charge >= 0.3 is 5.97 Å². The molecule has 1 fully saturated rings. The Morgan fingerprint density at radius 3 is 2.67 bits per heavy atom. The lowest BCUT2D eigenvalue weighted by Crippen LogP contribution is -2.07. The van der Waals surface area contributed by atoms with Gasteiger partial charge in [-0.1, -0.05) is 28.2 Å². The number of hydrogen-bond acceptors (Lipinski definition) is 5. The minimum atomic E-state index is -2.33. The largest absolute Gasteiger partial charge is 0.476 e. The number of aromatic nitrogens is 3. The molecule has 0 saturated heterocycles. The first kappa shape index (κ1) is 28.2. The van der Waals surface area contributed by atoms with E-state index in [0.29, 0.717) is 34.3 Å². The van der Waals surface area contributed by atoms with Crippen LogP contribution in [0, 0.1) is 29.4 Å². The lowest BCUT2D eigenvalue weighted by molar-refractivity contribution is 0.0691. The van der Waals surface area contributed by atoms with Crippen LogP contribution in [0.1, 0.15) is 65.0 Å². The molecule has 2 aliphatic carbocycles. The summed E-state index contributed by atoms with van der Waals surface area (Å²) < 4.78 is 43.1. The molecule has 214 valence electrons. The van der Waals surface area contributed by atoms with Gasteiger partial charge in [-0.25, -0.2) is 23.2 Å². The minimum absolute atomic E-state index is 0.0500. The number of carboxylic acid groups (broad SMARTS) is 1. The van der Waals surface area contributed by atoms with E-state index < -0.39 is 28.6 Å². The van der Waals surface area contributed by atoms with Crippen LogP contribution in [0.5, 0.6) is 0 Å². The van der Waals surface area contributed by atoms with E-state index in [2.05, 4.69) is 22.9 Å². The highest BCUT2D eigenvalue weighted by Crippen LogP contribution is 2.38. The van der Waals surface area contributed by atoms with Crippen molar-refractivity contribution in [2.75, 3.05) is 0 Å². The van der Waals surface area contributed by atoms with E-state index in [0.717, 1.165) is 48.9 Å². The van der Waals surface area contributed by atoms with Gasteiger partial charge in [0.2, 0.25) is 10.0 Å². The fourth-order valence-corrected chi connectivity index (χ4v) is 6.34. The Bertz CT molecular complexity index is 1830. The van der Waals surface area contributed by atoms with Gasteiger partial charge in [0.25, 0.3) is 0 Å². The molecule has 6 rings (SSSR count). The molecule has 1 unspecified atom stereocenters. The van der Waals surface area contributed by atoms with Crippen molar-refractivity contribution in [1.29, 1.82) is 0 Å². The number of hydrogen-bond donors (Lipinski definition) is 2. The third-order valence-electron chi connectivity index (χ3n) is 7.43. The Morgan fingerprint density at radius 2 is 2.00 bits per heavy atom. The Morgan fingerprint density at radius 1 is 1.17 bits per heavy atom. The fraction of sp³-hybridized carbons (Fsp3) is 0.258. The van der Waals surface area contributed by atoms with Crippen molar-refractivity contribution in [2.45, 2.75) is 49.8 Å². The van der Waals surface area contributed by atoms with Crippen LogP contribution in [-0.4, -0.2) is 25.8 Å². The van der Waals surface area contributed by atoms with Crippen molar-refractivity contribution in [3.63, 3.8) is 0 Å². The van der Waals surface area contributed by atoms with Crippen molar-refractivity contribution < 1.29 is 22.9 Å². The summed E-state index contributed by atoms with van der Waals surface area (Å²) in [6, 6.07) is 9.10. The lowest BCUT2D eigenvalue weighted by atomic mass is 9.96. The predicted octanol–water partition coefficient (Wildman–Crippen LogP) is 5.91. The van der Waals surface area contributed by atoms with E-state index in [9.17, 15) is 22.9 Å². The van der Waals surface area contributed by atoms with E-state index in [1.54, 1.807) is 22.9 Å². The van der Waals surface area contributed by atoms with Gasteiger partial charge in [-0.15, -0.1) is 16.5 Å².